The third-order valence-corrected chi connectivity index (χ3v) is 4.60. The Morgan fingerprint density at radius 3 is 2.34 bits per heavy atom. The number of nitrogens with zero attached hydrogens (tertiary/aromatic N) is 2. The van der Waals surface area contributed by atoms with Crippen molar-refractivity contribution in [3.05, 3.63) is 53.6 Å². The zero-order valence-corrected chi connectivity index (χ0v) is 18.3. The summed E-state index contributed by atoms with van der Waals surface area (Å²) < 4.78 is 11.0. The molecule has 0 aromatic heterocycles. The highest BCUT2D eigenvalue weighted by Gasteiger charge is 2.06. The van der Waals surface area contributed by atoms with Crippen molar-refractivity contribution in [2.24, 2.45) is 4.99 Å². The molecule has 0 saturated heterocycles. The normalized spacial score (nSPS) is 11.1. The number of ether oxygens (including phenoxy) is 2. The molecule has 0 unspecified atom stereocenters. The van der Waals surface area contributed by atoms with E-state index in [0.29, 0.717) is 6.61 Å². The van der Waals surface area contributed by atoms with Gasteiger partial charge in [0.05, 0.1) is 13.7 Å². The first-order valence-electron chi connectivity index (χ1n) is 10.1. The number of methoxy groups -OCH3 is 1. The lowest BCUT2D eigenvalue weighted by Gasteiger charge is -2.14. The van der Waals surface area contributed by atoms with Gasteiger partial charge >= 0.3 is 0 Å². The van der Waals surface area contributed by atoms with E-state index in [4.69, 9.17) is 9.47 Å². The van der Waals surface area contributed by atoms with Gasteiger partial charge in [-0.25, -0.2) is 0 Å². The van der Waals surface area contributed by atoms with E-state index in [0.717, 1.165) is 43.4 Å². The van der Waals surface area contributed by atoms with Crippen molar-refractivity contribution < 1.29 is 9.47 Å². The van der Waals surface area contributed by atoms with Crippen LogP contribution < -0.4 is 25.0 Å². The highest BCUT2D eigenvalue weighted by Crippen LogP contribution is 2.28. The van der Waals surface area contributed by atoms with Crippen LogP contribution in [0.2, 0.25) is 0 Å². The molecule has 0 spiro atoms. The van der Waals surface area contributed by atoms with E-state index in [1.165, 1.54) is 16.8 Å². The summed E-state index contributed by atoms with van der Waals surface area (Å²) in [6.45, 7) is 4.19. The molecule has 6 nitrogen and oxygen atoms in total. The van der Waals surface area contributed by atoms with E-state index in [1.54, 1.807) is 14.2 Å². The number of guanidine groups is 1. The first-order valence-corrected chi connectivity index (χ1v) is 10.1. The predicted octanol–water partition coefficient (Wildman–Crippen LogP) is 3.46. The lowest BCUT2D eigenvalue weighted by atomic mass is 10.1. The standard InChI is InChI=1S/C23H34N4O2/c1-6-29-22-16-18(11-14-21(22)28-5)8-7-15-25-23(24-2)26-17-19-9-12-20(13-10-19)27(3)4/h9-14,16H,6-8,15,17H2,1-5H3,(H2,24,25,26). The van der Waals surface area contributed by atoms with E-state index in [2.05, 4.69) is 56.9 Å². The molecule has 0 fully saturated rings. The summed E-state index contributed by atoms with van der Waals surface area (Å²) in [5, 5.41) is 6.74. The molecule has 0 radical (unpaired) electrons. The Bertz CT molecular complexity index is 773. The van der Waals surface area contributed by atoms with Crippen molar-refractivity contribution >= 4 is 11.6 Å². The number of aliphatic imine (C=N–C) groups is 1. The first kappa shape index (κ1) is 22.4. The summed E-state index contributed by atoms with van der Waals surface area (Å²) in [6, 6.07) is 14.6. The second kappa shape index (κ2) is 11.8. The van der Waals surface area contributed by atoms with Gasteiger partial charge in [0.15, 0.2) is 17.5 Å². The van der Waals surface area contributed by atoms with Crippen molar-refractivity contribution in [1.82, 2.24) is 10.6 Å². The van der Waals surface area contributed by atoms with Gasteiger partial charge in [0.25, 0.3) is 0 Å². The van der Waals surface area contributed by atoms with Gasteiger partial charge in [0.1, 0.15) is 0 Å². The molecule has 0 heterocycles. The maximum absolute atomic E-state index is 5.65. The minimum absolute atomic E-state index is 0.626. The maximum Gasteiger partial charge on any atom is 0.191 e. The van der Waals surface area contributed by atoms with Crippen LogP contribution in [0.5, 0.6) is 11.5 Å². The Hall–Kier alpha value is -2.89. The van der Waals surface area contributed by atoms with E-state index in [-0.39, 0.29) is 0 Å². The van der Waals surface area contributed by atoms with Crippen LogP contribution >= 0.6 is 0 Å². The maximum atomic E-state index is 5.65. The fraction of sp³-hybridized carbons (Fsp3) is 0.435. The van der Waals surface area contributed by atoms with Gasteiger partial charge in [-0.2, -0.15) is 0 Å². The first-order chi connectivity index (χ1) is 14.1. The van der Waals surface area contributed by atoms with Crippen LogP contribution in [-0.4, -0.2) is 47.4 Å². The Labute approximate surface area is 174 Å². The SMILES string of the molecule is CCOc1cc(CCCNC(=NC)NCc2ccc(N(C)C)cc2)ccc1OC. The molecule has 2 N–H and O–H groups in total. The van der Waals surface area contributed by atoms with E-state index in [1.807, 2.05) is 27.1 Å². The summed E-state index contributed by atoms with van der Waals surface area (Å²) in [5.41, 5.74) is 3.66. The molecule has 2 aromatic rings. The van der Waals surface area contributed by atoms with Gasteiger partial charge in [0.2, 0.25) is 0 Å². The van der Waals surface area contributed by atoms with Crippen LogP contribution in [0.15, 0.2) is 47.5 Å². The number of rotatable bonds is 10. The smallest absolute Gasteiger partial charge is 0.191 e. The van der Waals surface area contributed by atoms with Crippen molar-refractivity contribution in [2.45, 2.75) is 26.3 Å². The molecule has 6 heteroatoms. The quantitative estimate of drug-likeness (QED) is 0.365. The molecular formula is C23H34N4O2. The molecule has 0 saturated carbocycles. The number of nitrogens with one attached hydrogen (secondary N) is 2. The average molecular weight is 399 g/mol. The summed E-state index contributed by atoms with van der Waals surface area (Å²) >= 11 is 0. The molecule has 0 aliphatic rings. The third kappa shape index (κ3) is 7.22. The molecule has 0 amide bonds. The molecule has 0 atom stereocenters. The molecular weight excluding hydrogens is 364 g/mol. The van der Waals surface area contributed by atoms with E-state index < -0.39 is 0 Å². The number of hydrogen-bond donors (Lipinski definition) is 2. The van der Waals surface area contributed by atoms with E-state index >= 15 is 0 Å². The Morgan fingerprint density at radius 2 is 1.72 bits per heavy atom. The van der Waals surface area contributed by atoms with Crippen LogP contribution in [0.3, 0.4) is 0 Å². The Morgan fingerprint density at radius 1 is 1.00 bits per heavy atom. The zero-order chi connectivity index (χ0) is 21.1. The van der Waals surface area contributed by atoms with Gasteiger partial charge in [0, 0.05) is 39.9 Å². The largest absolute Gasteiger partial charge is 0.493 e. The summed E-state index contributed by atoms with van der Waals surface area (Å²) in [5.74, 6) is 2.39. The van der Waals surface area contributed by atoms with Crippen LogP contribution in [0.1, 0.15) is 24.5 Å². The molecule has 2 rings (SSSR count). The lowest BCUT2D eigenvalue weighted by molar-refractivity contribution is 0.310. The van der Waals surface area contributed by atoms with Gasteiger partial charge < -0.3 is 25.0 Å². The summed E-state index contributed by atoms with van der Waals surface area (Å²) in [6.07, 6.45) is 1.95. The highest BCUT2D eigenvalue weighted by molar-refractivity contribution is 5.79. The van der Waals surface area contributed by atoms with Crippen LogP contribution in [0.4, 0.5) is 5.69 Å². The minimum atomic E-state index is 0.626. The molecule has 0 bridgehead atoms. The number of anilines is 1. The second-order valence-electron chi connectivity index (χ2n) is 6.94. The zero-order valence-electron chi connectivity index (χ0n) is 18.3. The fourth-order valence-corrected chi connectivity index (χ4v) is 2.96. The third-order valence-electron chi connectivity index (χ3n) is 4.60. The van der Waals surface area contributed by atoms with Gasteiger partial charge in [-0.1, -0.05) is 18.2 Å². The van der Waals surface area contributed by atoms with Crippen LogP contribution in [-0.2, 0) is 13.0 Å². The number of benzene rings is 2. The summed E-state index contributed by atoms with van der Waals surface area (Å²) in [4.78, 5) is 6.40. The predicted molar refractivity (Wildman–Crippen MR) is 121 cm³/mol. The van der Waals surface area contributed by atoms with Gasteiger partial charge in [-0.05, 0) is 55.2 Å². The van der Waals surface area contributed by atoms with Gasteiger partial charge in [-0.15, -0.1) is 0 Å². The second-order valence-corrected chi connectivity index (χ2v) is 6.94. The molecule has 2 aromatic carbocycles. The Balaban J connectivity index is 1.76. The molecule has 29 heavy (non-hydrogen) atoms. The number of aryl methyl sites for hydroxylation is 1. The van der Waals surface area contributed by atoms with Gasteiger partial charge in [-0.3, -0.25) is 4.99 Å². The lowest BCUT2D eigenvalue weighted by Crippen LogP contribution is -2.37. The summed E-state index contributed by atoms with van der Waals surface area (Å²) in [7, 11) is 7.55. The monoisotopic (exact) mass is 398 g/mol. The number of hydrogen-bond acceptors (Lipinski definition) is 4. The van der Waals surface area contributed by atoms with E-state index in [9.17, 15) is 0 Å². The minimum Gasteiger partial charge on any atom is -0.493 e. The average Bonchev–Trinajstić information content (AvgIpc) is 2.74. The van der Waals surface area contributed by atoms with Crippen molar-refractivity contribution in [2.75, 3.05) is 46.3 Å². The van der Waals surface area contributed by atoms with Crippen molar-refractivity contribution in [3.8, 4) is 11.5 Å². The van der Waals surface area contributed by atoms with Crippen molar-refractivity contribution in [1.29, 1.82) is 0 Å². The molecule has 0 aliphatic carbocycles. The molecule has 158 valence electrons. The Kier molecular flexibility index (Phi) is 9.15. The van der Waals surface area contributed by atoms with Crippen molar-refractivity contribution in [3.63, 3.8) is 0 Å². The van der Waals surface area contributed by atoms with Crippen LogP contribution in [0.25, 0.3) is 0 Å². The van der Waals surface area contributed by atoms with Crippen LogP contribution in [0, 0.1) is 0 Å². The molecule has 0 aliphatic heterocycles. The fourth-order valence-electron chi connectivity index (χ4n) is 2.96. The topological polar surface area (TPSA) is 58.1 Å². The highest BCUT2D eigenvalue weighted by atomic mass is 16.5.